The molecule has 0 amide bonds. The molecule has 0 radical (unpaired) electrons. The fourth-order valence-electron chi connectivity index (χ4n) is 3.29. The fourth-order valence-corrected chi connectivity index (χ4v) is 3.29. The minimum Gasteiger partial charge on any atom is -0.355 e. The van der Waals surface area contributed by atoms with Gasteiger partial charge in [-0.1, -0.05) is 0 Å². The normalized spacial score (nSPS) is 11.3. The van der Waals surface area contributed by atoms with E-state index >= 15 is 0 Å². The van der Waals surface area contributed by atoms with E-state index in [9.17, 15) is 9.59 Å². The Bertz CT molecular complexity index is 1280. The number of carbonyl (C=O) groups excluding carboxylic acids is 2. The van der Waals surface area contributed by atoms with Gasteiger partial charge in [-0.15, -0.1) is 0 Å². The van der Waals surface area contributed by atoms with Crippen molar-refractivity contribution in [3.05, 3.63) is 71.3 Å². The average molecular weight is 568 g/mol. The van der Waals surface area contributed by atoms with Gasteiger partial charge in [0.15, 0.2) is 0 Å². The number of rotatable bonds is 2. The number of carbonyl (C=O) groups is 2. The van der Waals surface area contributed by atoms with Crippen molar-refractivity contribution >= 4 is 57.9 Å². The molecule has 7 heteroatoms. The number of nitrogens with zero attached hydrogens (tertiary/aromatic N) is 2. The molecule has 2 N–H and O–H groups in total. The molecule has 5 heterocycles. The van der Waals surface area contributed by atoms with Crippen LogP contribution in [0.3, 0.4) is 0 Å². The first-order chi connectivity index (χ1) is 14.9. The van der Waals surface area contributed by atoms with Gasteiger partial charge in [-0.2, -0.15) is 0 Å². The number of aromatic nitrogens is 4. The van der Waals surface area contributed by atoms with Crippen LogP contribution in [0.25, 0.3) is 46.4 Å². The minimum atomic E-state index is -0.0625. The third-order valence-electron chi connectivity index (χ3n) is 4.54. The van der Waals surface area contributed by atoms with E-state index in [1.165, 1.54) is 13.8 Å². The third kappa shape index (κ3) is 6.63. The molecule has 0 spiro atoms. The predicted octanol–water partition coefficient (Wildman–Crippen LogP) is 5.21. The van der Waals surface area contributed by atoms with Crippen LogP contribution in [-0.4, -0.2) is 31.5 Å². The molecular formula is C25H22GdN4O2. The maximum Gasteiger partial charge on any atom is 0.137 e. The van der Waals surface area contributed by atoms with Crippen LogP contribution in [0.15, 0.2) is 48.5 Å². The van der Waals surface area contributed by atoms with Gasteiger partial charge < -0.3 is 9.97 Å². The van der Waals surface area contributed by atoms with Crippen molar-refractivity contribution in [1.29, 1.82) is 0 Å². The topological polar surface area (TPSA) is 91.5 Å². The van der Waals surface area contributed by atoms with E-state index in [1.54, 1.807) is 0 Å². The van der Waals surface area contributed by atoms with Crippen molar-refractivity contribution in [2.75, 3.05) is 0 Å². The summed E-state index contributed by atoms with van der Waals surface area (Å²) in [6, 6.07) is 16.4. The molecule has 0 aliphatic carbocycles. The molecule has 3 aromatic rings. The average Bonchev–Trinajstić information content (AvgIpc) is 3.46. The number of hydrogen-bond acceptors (Lipinski definition) is 4. The molecule has 32 heavy (non-hydrogen) atoms. The van der Waals surface area contributed by atoms with Crippen LogP contribution in [-0.2, 0) is 9.59 Å². The molecule has 0 saturated carbocycles. The number of aromatic amines is 2. The summed E-state index contributed by atoms with van der Waals surface area (Å²) in [7, 11) is 0. The summed E-state index contributed by atoms with van der Waals surface area (Å²) >= 11 is 0. The first-order valence-corrected chi connectivity index (χ1v) is 9.96. The van der Waals surface area contributed by atoms with Crippen molar-refractivity contribution in [1.82, 2.24) is 19.9 Å². The Balaban J connectivity index is 0.000000318. The van der Waals surface area contributed by atoms with Crippen LogP contribution < -0.4 is 0 Å². The monoisotopic (exact) mass is 568 g/mol. The zero-order valence-electron chi connectivity index (χ0n) is 17.7. The van der Waals surface area contributed by atoms with Crippen LogP contribution in [0.2, 0.25) is 0 Å². The van der Waals surface area contributed by atoms with Crippen molar-refractivity contribution in [3.63, 3.8) is 0 Å². The van der Waals surface area contributed by atoms with Gasteiger partial charge in [-0.3, -0.25) is 9.59 Å². The maximum atomic E-state index is 10.0. The molecule has 2 aliphatic rings. The molecule has 0 fully saturated rings. The van der Waals surface area contributed by atoms with E-state index in [0.29, 0.717) is 0 Å². The molecule has 0 unspecified atom stereocenters. The van der Waals surface area contributed by atoms with Crippen LogP contribution >= 0.6 is 0 Å². The molecule has 0 atom stereocenters. The Hall–Kier alpha value is -2.74. The third-order valence-corrected chi connectivity index (χ3v) is 4.54. The summed E-state index contributed by atoms with van der Waals surface area (Å²) in [6.07, 6.45) is 8.13. The number of ketones is 2. The van der Waals surface area contributed by atoms with E-state index in [1.807, 2.05) is 42.5 Å². The van der Waals surface area contributed by atoms with Gasteiger partial charge in [0, 0.05) is 62.0 Å². The number of H-pyrrole nitrogens is 2. The van der Waals surface area contributed by atoms with Gasteiger partial charge in [-0.25, -0.2) is 9.97 Å². The minimum absolute atomic E-state index is 0. The molecule has 6 nitrogen and oxygen atoms in total. The maximum absolute atomic E-state index is 10.0. The van der Waals surface area contributed by atoms with Crippen molar-refractivity contribution in [2.45, 2.75) is 20.3 Å². The summed E-state index contributed by atoms with van der Waals surface area (Å²) in [6.45, 7) is 2.81. The van der Waals surface area contributed by atoms with Crippen LogP contribution in [0, 0.1) is 39.9 Å². The van der Waals surface area contributed by atoms with Crippen molar-refractivity contribution < 1.29 is 49.5 Å². The number of nitrogens with one attached hydrogen (secondary N) is 2. The van der Waals surface area contributed by atoms with Gasteiger partial charge in [0.05, 0.1) is 29.2 Å². The number of hydrogen-bond donors (Lipinski definition) is 2. The molecule has 0 saturated heterocycles. The van der Waals surface area contributed by atoms with Gasteiger partial charge in [0.25, 0.3) is 0 Å². The zero-order valence-corrected chi connectivity index (χ0v) is 20.0. The molecule has 8 bridgehead atoms. The summed E-state index contributed by atoms with van der Waals surface area (Å²) in [5, 5.41) is 0. The zero-order chi connectivity index (χ0) is 21.8. The molecule has 0 aromatic carbocycles. The van der Waals surface area contributed by atoms with E-state index in [0.717, 1.165) is 44.8 Å². The summed E-state index contributed by atoms with van der Waals surface area (Å²) in [5.74, 6) is -0.125. The summed E-state index contributed by atoms with van der Waals surface area (Å²) in [5.41, 5.74) is 7.86. The molecule has 5 rings (SSSR count). The predicted molar refractivity (Wildman–Crippen MR) is 125 cm³/mol. The Kier molecular flexibility index (Phi) is 8.02. The van der Waals surface area contributed by atoms with Crippen LogP contribution in [0.1, 0.15) is 43.0 Å². The largest absolute Gasteiger partial charge is 0.355 e. The van der Waals surface area contributed by atoms with Crippen molar-refractivity contribution in [2.24, 2.45) is 0 Å². The van der Waals surface area contributed by atoms with Gasteiger partial charge in [0.1, 0.15) is 11.6 Å². The Labute approximate surface area is 217 Å². The van der Waals surface area contributed by atoms with Gasteiger partial charge >= 0.3 is 0 Å². The Morgan fingerprint density at radius 3 is 1.31 bits per heavy atom. The van der Waals surface area contributed by atoms with E-state index in [2.05, 4.69) is 50.3 Å². The summed E-state index contributed by atoms with van der Waals surface area (Å²) in [4.78, 5) is 36.1. The first-order valence-electron chi connectivity index (χ1n) is 9.96. The Morgan fingerprint density at radius 2 is 0.969 bits per heavy atom. The second-order valence-corrected chi connectivity index (χ2v) is 7.49. The van der Waals surface area contributed by atoms with Crippen LogP contribution in [0.4, 0.5) is 0 Å². The number of Topliss-reactive ketones (excluding diaryl/α,β-unsaturated/α-hetero) is 2. The van der Waals surface area contributed by atoms with E-state index in [4.69, 9.17) is 0 Å². The number of fused-ring (bicyclic) bond motifs is 8. The quantitative estimate of drug-likeness (QED) is 0.287. The standard InChI is InChI=1S/C20H14N4.C5H8O2.Gd/c1-2-14-10-16-5-6-18(23-16)12-20-8-7-19(24-20)11-17-4-3-15(22-17)9-13(1)21-14;1-4(6)3-5(2)7;/h1-12,21-22H;3H2,1-2H3;. The first kappa shape index (κ1) is 23.9. The van der Waals surface area contributed by atoms with Gasteiger partial charge in [0.2, 0.25) is 0 Å². The van der Waals surface area contributed by atoms with Crippen LogP contribution in [0.5, 0.6) is 0 Å². The van der Waals surface area contributed by atoms with Crippen molar-refractivity contribution in [3.8, 4) is 0 Å². The van der Waals surface area contributed by atoms with E-state index in [-0.39, 0.29) is 57.9 Å². The second kappa shape index (κ2) is 10.7. The SMILES string of the molecule is C1=Cc2cc3ccc(cc4ccc(cc5nc(cc1n2)C=C5)[nH]4)[nH]3.CC(=O)CC(C)=O.[Gd]. The molecule has 3 aromatic heterocycles. The Morgan fingerprint density at radius 1 is 0.625 bits per heavy atom. The molecule has 2 aliphatic heterocycles. The van der Waals surface area contributed by atoms with E-state index < -0.39 is 0 Å². The summed E-state index contributed by atoms with van der Waals surface area (Å²) < 4.78 is 0. The van der Waals surface area contributed by atoms with Gasteiger partial charge in [-0.05, 0) is 86.7 Å². The fraction of sp³-hybridized carbons (Fsp3) is 0.120. The molecule has 162 valence electrons. The molecular weight excluding hydrogens is 546 g/mol. The smallest absolute Gasteiger partial charge is 0.137 e. The second-order valence-electron chi connectivity index (χ2n) is 7.49.